The zero-order chi connectivity index (χ0) is 17.3. The van der Waals surface area contributed by atoms with Gasteiger partial charge in [-0.15, -0.1) is 0 Å². The van der Waals surface area contributed by atoms with Gasteiger partial charge in [0.1, 0.15) is 5.75 Å². The monoisotopic (exact) mass is 328 g/mol. The molecule has 24 heavy (non-hydrogen) atoms. The number of hydrogen-bond acceptors (Lipinski definition) is 4. The fraction of sp³-hybridized carbons (Fsp3) is 0.0588. The average Bonchev–Trinajstić information content (AvgIpc) is 2.91. The zero-order valence-corrected chi connectivity index (χ0v) is 12.6. The van der Waals surface area contributed by atoms with Crippen molar-refractivity contribution in [3.63, 3.8) is 0 Å². The van der Waals surface area contributed by atoms with E-state index < -0.39 is 17.6 Å². The van der Waals surface area contributed by atoms with Crippen molar-refractivity contribution in [2.45, 2.75) is 6.92 Å². The van der Waals surface area contributed by atoms with E-state index in [1.54, 1.807) is 25.1 Å². The first-order chi connectivity index (χ1) is 11.5. The first kappa shape index (κ1) is 15.5. The van der Waals surface area contributed by atoms with E-state index in [1.165, 1.54) is 24.3 Å². The molecule has 0 spiro atoms. The minimum atomic E-state index is -0.730. The summed E-state index contributed by atoms with van der Waals surface area (Å²) in [7, 11) is 0. The highest BCUT2D eigenvalue weighted by atomic mass is 19.1. The number of phenols is 1. The smallest absolute Gasteiger partial charge is 0.305 e. The Kier molecular flexibility index (Phi) is 3.91. The Morgan fingerprint density at radius 3 is 2.46 bits per heavy atom. The number of benzene rings is 2. The number of para-hydroxylation sites is 2. The molecule has 0 bridgehead atoms. The van der Waals surface area contributed by atoms with Crippen LogP contribution in [0.1, 0.15) is 26.5 Å². The summed E-state index contributed by atoms with van der Waals surface area (Å²) in [5.74, 6) is -2.32. The van der Waals surface area contributed by atoms with E-state index >= 15 is 0 Å². The quantitative estimate of drug-likeness (QED) is 0.631. The molecule has 0 aliphatic rings. The molecule has 2 amide bonds. The van der Waals surface area contributed by atoms with Gasteiger partial charge >= 0.3 is 5.91 Å². The van der Waals surface area contributed by atoms with Gasteiger partial charge in [0, 0.05) is 10.9 Å². The average molecular weight is 328 g/mol. The molecular weight excluding hydrogens is 315 g/mol. The summed E-state index contributed by atoms with van der Waals surface area (Å²) in [5, 5.41) is 10.1. The Balaban J connectivity index is 1.79. The van der Waals surface area contributed by atoms with Crippen molar-refractivity contribution in [3.8, 4) is 5.75 Å². The summed E-state index contributed by atoms with van der Waals surface area (Å²) in [6.45, 7) is 1.62. The van der Waals surface area contributed by atoms with Gasteiger partial charge in [-0.2, -0.15) is 0 Å². The molecule has 3 rings (SSSR count). The standard InChI is InChI=1S/C17H13FN2O4/c1-9-10-6-4-7-12(18)15(10)24-14(9)17(23)20-19-16(22)11-5-2-3-8-13(11)21/h2-8,21H,1H3,(H,19,22)(H,20,23). The molecule has 1 aromatic heterocycles. The van der Waals surface area contributed by atoms with Crippen molar-refractivity contribution in [1.82, 2.24) is 10.9 Å². The number of furan rings is 1. The highest BCUT2D eigenvalue weighted by Gasteiger charge is 2.20. The van der Waals surface area contributed by atoms with Crippen LogP contribution in [0.15, 0.2) is 46.9 Å². The number of rotatable bonds is 2. The summed E-state index contributed by atoms with van der Waals surface area (Å²) >= 11 is 0. The summed E-state index contributed by atoms with van der Waals surface area (Å²) in [6, 6.07) is 10.3. The van der Waals surface area contributed by atoms with Gasteiger partial charge in [0.2, 0.25) is 0 Å². The lowest BCUT2D eigenvalue weighted by Gasteiger charge is -2.07. The van der Waals surface area contributed by atoms with Crippen LogP contribution < -0.4 is 10.9 Å². The molecule has 0 radical (unpaired) electrons. The lowest BCUT2D eigenvalue weighted by atomic mass is 10.1. The van der Waals surface area contributed by atoms with E-state index in [2.05, 4.69) is 10.9 Å². The minimum Gasteiger partial charge on any atom is -0.507 e. The molecular formula is C17H13FN2O4. The Bertz CT molecular complexity index is 949. The summed E-state index contributed by atoms with van der Waals surface area (Å²) in [4.78, 5) is 24.1. The number of hydrogen-bond donors (Lipinski definition) is 3. The van der Waals surface area contributed by atoms with Crippen molar-refractivity contribution < 1.29 is 23.5 Å². The second-order valence-corrected chi connectivity index (χ2v) is 5.10. The molecule has 3 aromatic rings. The van der Waals surface area contributed by atoms with Crippen LogP contribution in [0.2, 0.25) is 0 Å². The van der Waals surface area contributed by atoms with E-state index in [0.29, 0.717) is 10.9 Å². The topological polar surface area (TPSA) is 91.6 Å². The third-order valence-corrected chi connectivity index (χ3v) is 3.56. The van der Waals surface area contributed by atoms with Crippen molar-refractivity contribution in [1.29, 1.82) is 0 Å². The number of carbonyl (C=O) groups excluding carboxylic acids is 2. The maximum Gasteiger partial charge on any atom is 0.305 e. The molecule has 0 aliphatic carbocycles. The highest BCUT2D eigenvalue weighted by Crippen LogP contribution is 2.27. The molecule has 1 heterocycles. The summed E-state index contributed by atoms with van der Waals surface area (Å²) < 4.78 is 19.0. The van der Waals surface area contributed by atoms with E-state index in [0.717, 1.165) is 0 Å². The zero-order valence-electron chi connectivity index (χ0n) is 12.6. The van der Waals surface area contributed by atoms with Crippen LogP contribution in [0.5, 0.6) is 5.75 Å². The molecule has 0 atom stereocenters. The number of nitrogens with one attached hydrogen (secondary N) is 2. The first-order valence-electron chi connectivity index (χ1n) is 7.05. The van der Waals surface area contributed by atoms with Gasteiger partial charge in [0.05, 0.1) is 5.56 Å². The van der Waals surface area contributed by atoms with Crippen LogP contribution >= 0.6 is 0 Å². The second-order valence-electron chi connectivity index (χ2n) is 5.10. The molecule has 0 saturated carbocycles. The molecule has 6 nitrogen and oxygen atoms in total. The van der Waals surface area contributed by atoms with Gasteiger partial charge in [-0.1, -0.05) is 24.3 Å². The third-order valence-electron chi connectivity index (χ3n) is 3.56. The SMILES string of the molecule is Cc1c(C(=O)NNC(=O)c2ccccc2O)oc2c(F)cccc12. The summed E-state index contributed by atoms with van der Waals surface area (Å²) in [6.07, 6.45) is 0. The van der Waals surface area contributed by atoms with E-state index in [1.807, 2.05) is 0 Å². The minimum absolute atomic E-state index is 0.00479. The number of hydrazine groups is 1. The lowest BCUT2D eigenvalue weighted by molar-refractivity contribution is 0.0830. The molecule has 7 heteroatoms. The number of phenolic OH excluding ortho intramolecular Hbond substituents is 1. The fourth-order valence-corrected chi connectivity index (χ4v) is 2.33. The molecule has 2 aromatic carbocycles. The van der Waals surface area contributed by atoms with Crippen LogP contribution in [0.3, 0.4) is 0 Å². The normalized spacial score (nSPS) is 10.6. The molecule has 0 unspecified atom stereocenters. The van der Waals surface area contributed by atoms with Gasteiger partial charge in [0.25, 0.3) is 5.91 Å². The predicted octanol–water partition coefficient (Wildman–Crippen LogP) is 2.66. The van der Waals surface area contributed by atoms with E-state index in [-0.39, 0.29) is 22.7 Å². The van der Waals surface area contributed by atoms with Crippen LogP contribution in [0.4, 0.5) is 4.39 Å². The van der Waals surface area contributed by atoms with Crippen molar-refractivity contribution in [3.05, 3.63) is 65.2 Å². The Labute approximate surface area is 135 Å². The van der Waals surface area contributed by atoms with Gasteiger partial charge in [-0.3, -0.25) is 20.4 Å². The number of amides is 2. The van der Waals surface area contributed by atoms with E-state index in [9.17, 15) is 19.1 Å². The van der Waals surface area contributed by atoms with Crippen molar-refractivity contribution in [2.24, 2.45) is 0 Å². The van der Waals surface area contributed by atoms with Crippen LogP contribution in [0.25, 0.3) is 11.0 Å². The molecule has 0 saturated heterocycles. The highest BCUT2D eigenvalue weighted by molar-refractivity contribution is 6.02. The Hall–Kier alpha value is -3.35. The molecule has 122 valence electrons. The van der Waals surface area contributed by atoms with Crippen LogP contribution in [0, 0.1) is 12.7 Å². The van der Waals surface area contributed by atoms with E-state index in [4.69, 9.17) is 4.42 Å². The number of fused-ring (bicyclic) bond motifs is 1. The van der Waals surface area contributed by atoms with Crippen LogP contribution in [-0.4, -0.2) is 16.9 Å². The van der Waals surface area contributed by atoms with Gasteiger partial charge < -0.3 is 9.52 Å². The molecule has 3 N–H and O–H groups in total. The molecule has 0 aliphatic heterocycles. The lowest BCUT2D eigenvalue weighted by Crippen LogP contribution is -2.41. The third kappa shape index (κ3) is 2.67. The second kappa shape index (κ2) is 6.04. The Morgan fingerprint density at radius 1 is 1.04 bits per heavy atom. The van der Waals surface area contributed by atoms with Gasteiger partial charge in [0.15, 0.2) is 17.2 Å². The maximum atomic E-state index is 13.7. The fourth-order valence-electron chi connectivity index (χ4n) is 2.33. The predicted molar refractivity (Wildman–Crippen MR) is 83.9 cm³/mol. The Morgan fingerprint density at radius 2 is 1.75 bits per heavy atom. The molecule has 0 fully saturated rings. The number of aromatic hydroxyl groups is 1. The number of aryl methyl sites for hydroxylation is 1. The van der Waals surface area contributed by atoms with Crippen LogP contribution in [-0.2, 0) is 0 Å². The number of halogens is 1. The number of carbonyl (C=O) groups is 2. The van der Waals surface area contributed by atoms with Gasteiger partial charge in [-0.05, 0) is 25.1 Å². The van der Waals surface area contributed by atoms with Crippen molar-refractivity contribution >= 4 is 22.8 Å². The van der Waals surface area contributed by atoms with Gasteiger partial charge in [-0.25, -0.2) is 4.39 Å². The van der Waals surface area contributed by atoms with Crippen molar-refractivity contribution in [2.75, 3.05) is 0 Å². The maximum absolute atomic E-state index is 13.7. The first-order valence-corrected chi connectivity index (χ1v) is 7.05. The largest absolute Gasteiger partial charge is 0.507 e. The summed E-state index contributed by atoms with van der Waals surface area (Å²) in [5.41, 5.74) is 4.79.